The van der Waals surface area contributed by atoms with E-state index in [9.17, 15) is 4.79 Å². The van der Waals surface area contributed by atoms with E-state index in [1.807, 2.05) is 18.2 Å². The summed E-state index contributed by atoms with van der Waals surface area (Å²) in [6.45, 7) is 0.471. The molecule has 0 aliphatic carbocycles. The van der Waals surface area contributed by atoms with Crippen LogP contribution in [-0.2, 0) is 4.79 Å². The van der Waals surface area contributed by atoms with Gasteiger partial charge in [0.25, 0.3) is 5.89 Å². The smallest absolute Gasteiger partial charge is 0.275 e. The van der Waals surface area contributed by atoms with Gasteiger partial charge in [0.05, 0.1) is 6.26 Å². The van der Waals surface area contributed by atoms with E-state index < -0.39 is 0 Å². The fraction of sp³-hybridized carbons (Fsp3) is 0.158. The average Bonchev–Trinajstić information content (AvgIpc) is 3.45. The number of nitrogens with one attached hydrogen (secondary N) is 1. The zero-order valence-corrected chi connectivity index (χ0v) is 15.3. The predicted molar refractivity (Wildman–Crippen MR) is 101 cm³/mol. The van der Waals surface area contributed by atoms with Gasteiger partial charge in [0.2, 0.25) is 5.91 Å². The van der Waals surface area contributed by atoms with Crippen LogP contribution in [0.1, 0.15) is 18.2 Å². The Morgan fingerprint density at radius 2 is 2.14 bits per heavy atom. The summed E-state index contributed by atoms with van der Waals surface area (Å²) < 4.78 is 10.7. The first-order chi connectivity index (χ1) is 13.7. The van der Waals surface area contributed by atoms with E-state index in [0.717, 1.165) is 5.69 Å². The standard InChI is InChI=1S/C19H14ClN5O3/c20-12-3-1-4-13(8-12)25-10-11(7-17(25)26)18-21-19(28-24-18)15-9-14(22-23-15)16-5-2-6-27-16/h1-6,8-9,11H,7,10H2,(H,22,23). The molecule has 28 heavy (non-hydrogen) atoms. The first kappa shape index (κ1) is 16.8. The van der Waals surface area contributed by atoms with Crippen LogP contribution in [0.3, 0.4) is 0 Å². The second-order valence-electron chi connectivity index (χ2n) is 6.49. The van der Waals surface area contributed by atoms with Crippen LogP contribution in [-0.4, -0.2) is 32.8 Å². The van der Waals surface area contributed by atoms with Crippen molar-refractivity contribution in [2.24, 2.45) is 0 Å². The molecule has 1 aliphatic rings. The van der Waals surface area contributed by atoms with Gasteiger partial charge in [-0.2, -0.15) is 10.1 Å². The van der Waals surface area contributed by atoms with E-state index in [1.54, 1.807) is 35.4 Å². The van der Waals surface area contributed by atoms with Crippen LogP contribution in [0.2, 0.25) is 5.02 Å². The highest BCUT2D eigenvalue weighted by Crippen LogP contribution is 2.32. The number of aromatic nitrogens is 4. The van der Waals surface area contributed by atoms with Gasteiger partial charge in [-0.25, -0.2) is 0 Å². The third kappa shape index (κ3) is 2.97. The van der Waals surface area contributed by atoms with E-state index >= 15 is 0 Å². The largest absolute Gasteiger partial charge is 0.463 e. The molecule has 9 heteroatoms. The summed E-state index contributed by atoms with van der Waals surface area (Å²) in [4.78, 5) is 18.6. The Bertz CT molecular complexity index is 1130. The van der Waals surface area contributed by atoms with E-state index in [-0.39, 0.29) is 11.8 Å². The molecule has 1 amide bonds. The number of rotatable bonds is 4. The Kier molecular flexibility index (Phi) is 3.98. The number of halogens is 1. The highest BCUT2D eigenvalue weighted by atomic mass is 35.5. The number of hydrogen-bond acceptors (Lipinski definition) is 6. The van der Waals surface area contributed by atoms with Crippen LogP contribution >= 0.6 is 11.6 Å². The van der Waals surface area contributed by atoms with Crippen LogP contribution in [0.25, 0.3) is 23.0 Å². The quantitative estimate of drug-likeness (QED) is 0.562. The fourth-order valence-corrected chi connectivity index (χ4v) is 3.45. The van der Waals surface area contributed by atoms with Gasteiger partial charge >= 0.3 is 0 Å². The van der Waals surface area contributed by atoms with Crippen molar-refractivity contribution in [2.75, 3.05) is 11.4 Å². The molecule has 4 heterocycles. The Hall–Kier alpha value is -3.39. The molecule has 1 aromatic carbocycles. The van der Waals surface area contributed by atoms with Gasteiger partial charge in [-0.15, -0.1) is 0 Å². The first-order valence-electron chi connectivity index (χ1n) is 8.66. The molecule has 0 radical (unpaired) electrons. The van der Waals surface area contributed by atoms with Crippen LogP contribution in [0.5, 0.6) is 0 Å². The minimum Gasteiger partial charge on any atom is -0.463 e. The number of benzene rings is 1. The molecule has 0 spiro atoms. The van der Waals surface area contributed by atoms with E-state index in [1.165, 1.54) is 0 Å². The lowest BCUT2D eigenvalue weighted by Gasteiger charge is -2.16. The number of aromatic amines is 1. The maximum absolute atomic E-state index is 12.5. The summed E-state index contributed by atoms with van der Waals surface area (Å²) in [7, 11) is 0. The lowest BCUT2D eigenvalue weighted by Crippen LogP contribution is -2.24. The van der Waals surface area contributed by atoms with E-state index in [0.29, 0.717) is 46.9 Å². The van der Waals surface area contributed by atoms with E-state index in [2.05, 4.69) is 20.3 Å². The molecule has 140 valence electrons. The first-order valence-corrected chi connectivity index (χ1v) is 9.04. The Morgan fingerprint density at radius 3 is 2.96 bits per heavy atom. The number of H-pyrrole nitrogens is 1. The highest BCUT2D eigenvalue weighted by Gasteiger charge is 2.34. The molecule has 1 aliphatic heterocycles. The fourth-order valence-electron chi connectivity index (χ4n) is 3.27. The molecule has 1 unspecified atom stereocenters. The molecule has 1 fully saturated rings. The number of carbonyl (C=O) groups is 1. The van der Waals surface area contributed by atoms with Gasteiger partial charge in [-0.05, 0) is 30.3 Å². The Labute approximate surface area is 164 Å². The normalized spacial score (nSPS) is 16.8. The van der Waals surface area contributed by atoms with Crippen molar-refractivity contribution in [3.63, 3.8) is 0 Å². The lowest BCUT2D eigenvalue weighted by atomic mass is 10.1. The number of nitrogens with zero attached hydrogens (tertiary/aromatic N) is 4. The SMILES string of the molecule is O=C1CC(c2noc(-c3cc(-c4ccco4)n[nH]3)n2)CN1c1cccc(Cl)c1. The monoisotopic (exact) mass is 395 g/mol. The molecule has 0 bridgehead atoms. The van der Waals surface area contributed by atoms with Crippen molar-refractivity contribution in [1.82, 2.24) is 20.3 Å². The summed E-state index contributed by atoms with van der Waals surface area (Å²) in [5.41, 5.74) is 1.99. The topological polar surface area (TPSA) is 101 Å². The number of amides is 1. The third-order valence-corrected chi connectivity index (χ3v) is 4.87. The van der Waals surface area contributed by atoms with Crippen molar-refractivity contribution in [1.29, 1.82) is 0 Å². The predicted octanol–water partition coefficient (Wildman–Crippen LogP) is 3.89. The molecule has 1 N–H and O–H groups in total. The highest BCUT2D eigenvalue weighted by molar-refractivity contribution is 6.30. The molecule has 1 saturated heterocycles. The second-order valence-corrected chi connectivity index (χ2v) is 6.92. The van der Waals surface area contributed by atoms with Crippen molar-refractivity contribution in [3.05, 3.63) is 59.6 Å². The van der Waals surface area contributed by atoms with E-state index in [4.69, 9.17) is 20.5 Å². The maximum atomic E-state index is 12.5. The number of hydrogen-bond donors (Lipinski definition) is 1. The number of furan rings is 1. The average molecular weight is 396 g/mol. The Morgan fingerprint density at radius 1 is 1.21 bits per heavy atom. The number of anilines is 1. The molecular formula is C19H14ClN5O3. The van der Waals surface area contributed by atoms with Crippen LogP contribution in [0.15, 0.2) is 57.7 Å². The van der Waals surface area contributed by atoms with Gasteiger partial charge in [0.1, 0.15) is 11.4 Å². The van der Waals surface area contributed by atoms with Crippen LogP contribution in [0, 0.1) is 0 Å². The Balaban J connectivity index is 1.36. The minimum absolute atomic E-state index is 0.000243. The third-order valence-electron chi connectivity index (χ3n) is 4.63. The number of carbonyl (C=O) groups excluding carboxylic acids is 1. The maximum Gasteiger partial charge on any atom is 0.275 e. The van der Waals surface area contributed by atoms with Crippen molar-refractivity contribution >= 4 is 23.2 Å². The summed E-state index contributed by atoms with van der Waals surface area (Å²) >= 11 is 6.04. The summed E-state index contributed by atoms with van der Waals surface area (Å²) in [6, 6.07) is 12.6. The summed E-state index contributed by atoms with van der Waals surface area (Å²) in [5.74, 6) is 1.29. The molecule has 0 saturated carbocycles. The zero-order valence-electron chi connectivity index (χ0n) is 14.5. The molecule has 4 aromatic rings. The van der Waals surface area contributed by atoms with Gasteiger partial charge in [0, 0.05) is 35.7 Å². The van der Waals surface area contributed by atoms with Crippen molar-refractivity contribution < 1.29 is 13.7 Å². The van der Waals surface area contributed by atoms with Crippen LogP contribution < -0.4 is 4.90 Å². The van der Waals surface area contributed by atoms with Crippen molar-refractivity contribution in [3.8, 4) is 23.0 Å². The van der Waals surface area contributed by atoms with Gasteiger partial charge < -0.3 is 13.8 Å². The summed E-state index contributed by atoms with van der Waals surface area (Å²) in [6.07, 6.45) is 1.89. The minimum atomic E-state index is -0.156. The van der Waals surface area contributed by atoms with Crippen molar-refractivity contribution in [2.45, 2.75) is 12.3 Å². The zero-order chi connectivity index (χ0) is 19.1. The van der Waals surface area contributed by atoms with Crippen LogP contribution in [0.4, 0.5) is 5.69 Å². The molecular weight excluding hydrogens is 382 g/mol. The molecule has 3 aromatic heterocycles. The molecule has 5 rings (SSSR count). The lowest BCUT2D eigenvalue weighted by molar-refractivity contribution is -0.117. The van der Waals surface area contributed by atoms with Gasteiger partial charge in [-0.1, -0.05) is 22.8 Å². The molecule has 1 atom stereocenters. The van der Waals surface area contributed by atoms with Gasteiger partial charge in [0.15, 0.2) is 11.6 Å². The second kappa shape index (κ2) is 6.65. The van der Waals surface area contributed by atoms with Gasteiger partial charge in [-0.3, -0.25) is 9.89 Å². The summed E-state index contributed by atoms with van der Waals surface area (Å²) in [5, 5.41) is 11.7. The molecule has 8 nitrogen and oxygen atoms in total.